The molecule has 1 N–H and O–H groups in total. The zero-order valence-corrected chi connectivity index (χ0v) is 18.3. The Kier molecular flexibility index (Phi) is 5.07. The predicted octanol–water partition coefficient (Wildman–Crippen LogP) is 3.48. The Labute approximate surface area is 179 Å². The van der Waals surface area contributed by atoms with E-state index in [1.54, 1.807) is 28.6 Å². The molecule has 0 saturated carbocycles. The standard InChI is InChI=1S/C24H29N3O2S/c1-26-12-9-18(10-13-26)17-25-23-16-22(23)19-7-8-24-20(15-19)11-14-27(24)30(28,29)21-5-3-2-4-6-21/h2-8,15,18,25H,9-14,16-17H2,1H3. The van der Waals surface area contributed by atoms with Crippen LogP contribution >= 0.6 is 0 Å². The Bertz CT molecular complexity index is 1070. The number of sulfonamides is 1. The minimum atomic E-state index is -3.50. The number of likely N-dealkylation sites (tertiary alicyclic amines) is 1. The van der Waals surface area contributed by atoms with Gasteiger partial charge in [0.05, 0.1) is 10.6 Å². The summed E-state index contributed by atoms with van der Waals surface area (Å²) >= 11 is 0. The first kappa shape index (κ1) is 19.6. The molecule has 3 aliphatic rings. The molecule has 2 aromatic carbocycles. The Morgan fingerprint density at radius 2 is 1.80 bits per heavy atom. The summed E-state index contributed by atoms with van der Waals surface area (Å²) in [6.07, 6.45) is 4.34. The van der Waals surface area contributed by atoms with Crippen LogP contribution in [0.5, 0.6) is 0 Å². The highest BCUT2D eigenvalue weighted by molar-refractivity contribution is 7.92. The molecule has 0 amide bonds. The fraction of sp³-hybridized carbons (Fsp3) is 0.417. The highest BCUT2D eigenvalue weighted by atomic mass is 32.2. The van der Waals surface area contributed by atoms with Gasteiger partial charge in [-0.3, -0.25) is 4.31 Å². The van der Waals surface area contributed by atoms with Gasteiger partial charge in [0.25, 0.3) is 10.0 Å². The molecule has 0 atom stereocenters. The summed E-state index contributed by atoms with van der Waals surface area (Å²) in [5, 5.41) is 3.67. The van der Waals surface area contributed by atoms with Gasteiger partial charge in [-0.1, -0.05) is 24.3 Å². The van der Waals surface area contributed by atoms with E-state index >= 15 is 0 Å². The van der Waals surface area contributed by atoms with Crippen LogP contribution in [0.1, 0.15) is 30.4 Å². The van der Waals surface area contributed by atoms with Crippen molar-refractivity contribution in [1.29, 1.82) is 0 Å². The molecule has 0 radical (unpaired) electrons. The summed E-state index contributed by atoms with van der Waals surface area (Å²) in [5.74, 6) is 0.771. The molecule has 0 unspecified atom stereocenters. The van der Waals surface area contributed by atoms with E-state index in [0.29, 0.717) is 11.4 Å². The second-order valence-electron chi connectivity index (χ2n) is 8.75. The molecule has 158 valence electrons. The number of benzene rings is 2. The summed E-state index contributed by atoms with van der Waals surface area (Å²) < 4.78 is 27.6. The van der Waals surface area contributed by atoms with Crippen LogP contribution in [0.2, 0.25) is 0 Å². The monoisotopic (exact) mass is 423 g/mol. The van der Waals surface area contributed by atoms with Crippen molar-refractivity contribution in [3.63, 3.8) is 0 Å². The molecule has 1 aliphatic carbocycles. The number of nitrogens with one attached hydrogen (secondary N) is 1. The smallest absolute Gasteiger partial charge is 0.264 e. The maximum Gasteiger partial charge on any atom is 0.264 e. The molecule has 6 heteroatoms. The van der Waals surface area contributed by atoms with E-state index in [-0.39, 0.29) is 0 Å². The highest BCUT2D eigenvalue weighted by Crippen LogP contribution is 2.41. The zero-order valence-electron chi connectivity index (χ0n) is 17.5. The van der Waals surface area contributed by atoms with E-state index in [1.807, 2.05) is 12.1 Å². The lowest BCUT2D eigenvalue weighted by Crippen LogP contribution is -2.34. The van der Waals surface area contributed by atoms with Crippen molar-refractivity contribution in [2.24, 2.45) is 5.92 Å². The molecule has 30 heavy (non-hydrogen) atoms. The van der Waals surface area contributed by atoms with Gasteiger partial charge in [-0.2, -0.15) is 0 Å². The number of piperidine rings is 1. The van der Waals surface area contributed by atoms with E-state index < -0.39 is 10.0 Å². The molecule has 5 rings (SSSR count). The fourth-order valence-corrected chi connectivity index (χ4v) is 6.16. The average Bonchev–Trinajstić information content (AvgIpc) is 3.42. The van der Waals surface area contributed by atoms with Crippen LogP contribution in [0.3, 0.4) is 0 Å². The summed E-state index contributed by atoms with van der Waals surface area (Å²) in [5.41, 5.74) is 5.93. The van der Waals surface area contributed by atoms with Gasteiger partial charge in [0, 0.05) is 25.2 Å². The van der Waals surface area contributed by atoms with Crippen LogP contribution in [0.25, 0.3) is 5.57 Å². The molecule has 0 aromatic heterocycles. The second-order valence-corrected chi connectivity index (χ2v) is 10.6. The molecule has 0 spiro atoms. The van der Waals surface area contributed by atoms with Crippen molar-refractivity contribution in [2.45, 2.75) is 30.6 Å². The Morgan fingerprint density at radius 3 is 2.57 bits per heavy atom. The van der Waals surface area contributed by atoms with Crippen molar-refractivity contribution < 1.29 is 8.42 Å². The van der Waals surface area contributed by atoms with Crippen LogP contribution < -0.4 is 9.62 Å². The van der Waals surface area contributed by atoms with E-state index in [4.69, 9.17) is 0 Å². The first-order valence-electron chi connectivity index (χ1n) is 10.9. The van der Waals surface area contributed by atoms with Gasteiger partial charge >= 0.3 is 0 Å². The zero-order chi connectivity index (χ0) is 20.7. The van der Waals surface area contributed by atoms with Gasteiger partial charge in [0.2, 0.25) is 0 Å². The molecular formula is C24H29N3O2S. The van der Waals surface area contributed by atoms with E-state index in [0.717, 1.165) is 36.6 Å². The first-order valence-corrected chi connectivity index (χ1v) is 12.3. The normalized spacial score (nSPS) is 19.8. The van der Waals surface area contributed by atoms with Gasteiger partial charge in [-0.25, -0.2) is 8.42 Å². The minimum Gasteiger partial charge on any atom is -0.388 e. The van der Waals surface area contributed by atoms with E-state index in [2.05, 4.69) is 29.4 Å². The predicted molar refractivity (Wildman–Crippen MR) is 121 cm³/mol. The summed E-state index contributed by atoms with van der Waals surface area (Å²) in [6.45, 7) is 3.98. The summed E-state index contributed by atoms with van der Waals surface area (Å²) in [7, 11) is -1.30. The number of allylic oxidation sites excluding steroid dienone is 2. The molecule has 1 saturated heterocycles. The molecule has 0 bridgehead atoms. The van der Waals surface area contributed by atoms with Crippen molar-refractivity contribution in [1.82, 2.24) is 10.2 Å². The average molecular weight is 424 g/mol. The lowest BCUT2D eigenvalue weighted by Gasteiger charge is -2.28. The molecule has 2 heterocycles. The van der Waals surface area contributed by atoms with E-state index in [9.17, 15) is 8.42 Å². The van der Waals surface area contributed by atoms with E-state index in [1.165, 1.54) is 42.8 Å². The highest BCUT2D eigenvalue weighted by Gasteiger charge is 2.32. The lowest BCUT2D eigenvalue weighted by atomic mass is 9.97. The summed E-state index contributed by atoms with van der Waals surface area (Å²) in [6, 6.07) is 15.0. The SMILES string of the molecule is CN1CCC(CNC2=C(c3ccc4c(c3)CCN4S(=O)(=O)c3ccccc3)C2)CC1. The van der Waals surface area contributed by atoms with Crippen LogP contribution in [0.4, 0.5) is 5.69 Å². The topological polar surface area (TPSA) is 52.6 Å². The molecule has 2 aromatic rings. The number of anilines is 1. The number of nitrogens with zero attached hydrogens (tertiary/aromatic N) is 2. The van der Waals surface area contributed by atoms with Crippen LogP contribution in [0, 0.1) is 5.92 Å². The van der Waals surface area contributed by atoms with Gasteiger partial charge in [-0.05, 0) is 86.3 Å². The van der Waals surface area contributed by atoms with Gasteiger partial charge in [-0.15, -0.1) is 0 Å². The molecular weight excluding hydrogens is 394 g/mol. The maximum atomic E-state index is 13.0. The molecule has 2 aliphatic heterocycles. The Balaban J connectivity index is 1.28. The number of hydrogen-bond donors (Lipinski definition) is 1. The number of fused-ring (bicyclic) bond motifs is 1. The third kappa shape index (κ3) is 3.74. The lowest BCUT2D eigenvalue weighted by molar-refractivity contribution is 0.219. The second kappa shape index (κ2) is 7.75. The van der Waals surface area contributed by atoms with Gasteiger partial charge in [0.15, 0.2) is 0 Å². The van der Waals surface area contributed by atoms with Gasteiger partial charge < -0.3 is 10.2 Å². The fourth-order valence-electron chi connectivity index (χ4n) is 4.64. The van der Waals surface area contributed by atoms with Crippen molar-refractivity contribution in [3.05, 3.63) is 65.4 Å². The first-order chi connectivity index (χ1) is 14.5. The number of hydrogen-bond acceptors (Lipinski definition) is 4. The summed E-state index contributed by atoms with van der Waals surface area (Å²) in [4.78, 5) is 2.76. The largest absolute Gasteiger partial charge is 0.388 e. The minimum absolute atomic E-state index is 0.354. The van der Waals surface area contributed by atoms with Gasteiger partial charge in [0.1, 0.15) is 0 Å². The van der Waals surface area contributed by atoms with Crippen LogP contribution in [0.15, 0.2) is 59.1 Å². The molecule has 5 nitrogen and oxygen atoms in total. The Morgan fingerprint density at radius 1 is 1.03 bits per heavy atom. The quantitative estimate of drug-likeness (QED) is 0.773. The van der Waals surface area contributed by atoms with Crippen molar-refractivity contribution in [3.8, 4) is 0 Å². The third-order valence-corrected chi connectivity index (χ3v) is 8.47. The third-order valence-electron chi connectivity index (χ3n) is 6.65. The van der Waals surface area contributed by atoms with Crippen molar-refractivity contribution in [2.75, 3.05) is 37.5 Å². The van der Waals surface area contributed by atoms with Crippen LogP contribution in [-0.2, 0) is 16.4 Å². The maximum absolute atomic E-state index is 13.0. The molecule has 1 fully saturated rings. The number of rotatable bonds is 6. The van der Waals surface area contributed by atoms with Crippen LogP contribution in [-0.4, -0.2) is 46.5 Å². The van der Waals surface area contributed by atoms with Crippen molar-refractivity contribution >= 4 is 21.3 Å². The Hall–Kier alpha value is -2.31.